The summed E-state index contributed by atoms with van der Waals surface area (Å²) in [4.78, 5) is 9.00. The molecule has 0 unspecified atom stereocenters. The zero-order chi connectivity index (χ0) is 8.99. The topological polar surface area (TPSA) is 37.3 Å². The Balaban J connectivity index is -0.0000000325. The van der Waals surface area contributed by atoms with E-state index in [0.29, 0.717) is 0 Å². The molecule has 0 bridgehead atoms. The average Bonchev–Trinajstić information content (AvgIpc) is 1.65. The molecule has 11 heavy (non-hydrogen) atoms. The van der Waals surface area contributed by atoms with Crippen LogP contribution in [0.5, 0.6) is 0 Å². The van der Waals surface area contributed by atoms with Crippen LogP contribution in [0.3, 0.4) is 0 Å². The average molecular weight is 210 g/mol. The maximum Gasteiger partial charge on any atom is 2.00 e. The van der Waals surface area contributed by atoms with Gasteiger partial charge >= 0.3 is 17.1 Å². The Labute approximate surface area is 80.9 Å². The molecule has 0 aromatic heterocycles. The van der Waals surface area contributed by atoms with Crippen LogP contribution in [0.25, 0.3) is 0 Å². The Hall–Kier alpha value is -0.0105. The molecule has 0 amide bonds. The molecule has 0 spiro atoms. The molecule has 0 aliphatic rings. The van der Waals surface area contributed by atoms with Gasteiger partial charge in [0.15, 0.2) is 0 Å². The predicted molar refractivity (Wildman–Crippen MR) is 44.6 cm³/mol. The summed E-state index contributed by atoms with van der Waals surface area (Å²) in [6.07, 6.45) is 4.00. The predicted octanol–water partition coefficient (Wildman–Crippen LogP) is 2.55. The van der Waals surface area contributed by atoms with E-state index in [9.17, 15) is 0 Å². The van der Waals surface area contributed by atoms with Crippen LogP contribution >= 0.6 is 0 Å². The fraction of sp³-hybridized carbons (Fsp3) is 0.625. The quantitative estimate of drug-likeness (QED) is 0.492. The number of hydrogen-bond acceptors (Lipinski definition) is 1. The summed E-state index contributed by atoms with van der Waals surface area (Å²) in [5.41, 5.74) is 0. The third kappa shape index (κ3) is 5760000. The van der Waals surface area contributed by atoms with Gasteiger partial charge in [-0.1, -0.05) is 0 Å². The Morgan fingerprint density at radius 3 is 1.09 bits per heavy atom. The van der Waals surface area contributed by atoms with Crippen molar-refractivity contribution in [2.75, 3.05) is 0 Å². The van der Waals surface area contributed by atoms with Gasteiger partial charge in [-0.25, -0.2) is 0 Å². The molecule has 0 aromatic rings. The molecular formula is C8H18CuO2. The van der Waals surface area contributed by atoms with Crippen LogP contribution in [-0.2, 0) is 21.9 Å². The van der Waals surface area contributed by atoms with Crippen molar-refractivity contribution in [3.63, 3.8) is 0 Å². The summed E-state index contributed by atoms with van der Waals surface area (Å²) in [7, 11) is 0. The first-order valence-corrected chi connectivity index (χ1v) is 3.24. The number of aliphatic carboxylic acids is 1. The normalized spacial score (nSPS) is 5.55. The summed E-state index contributed by atoms with van der Waals surface area (Å²) in [5.74, 6) is -0.833. The molecule has 0 aliphatic carbocycles. The third-order valence-electron chi connectivity index (χ3n) is 0. The van der Waals surface area contributed by atoms with E-state index in [2.05, 4.69) is 0 Å². The second-order valence-electron chi connectivity index (χ2n) is 1.67. The van der Waals surface area contributed by atoms with Gasteiger partial charge in [0.2, 0.25) is 0 Å². The SMILES string of the molecule is CC(=O)O.C[CH-]C.C[CH-]C.[Cu+2]. The van der Waals surface area contributed by atoms with Crippen LogP contribution in [0, 0.1) is 12.8 Å². The Morgan fingerprint density at radius 2 is 1.09 bits per heavy atom. The van der Waals surface area contributed by atoms with E-state index >= 15 is 0 Å². The van der Waals surface area contributed by atoms with Gasteiger partial charge in [-0.05, 0) is 0 Å². The summed E-state index contributed by atoms with van der Waals surface area (Å²) in [5, 5.41) is 7.42. The first-order chi connectivity index (χ1) is 4.56. The Kier molecular flexibility index (Phi) is 66.2. The minimum absolute atomic E-state index is 0. The van der Waals surface area contributed by atoms with Crippen LogP contribution < -0.4 is 0 Å². The van der Waals surface area contributed by atoms with Crippen molar-refractivity contribution in [3.05, 3.63) is 12.8 Å². The second-order valence-corrected chi connectivity index (χ2v) is 1.67. The molecule has 0 saturated carbocycles. The third-order valence-corrected chi connectivity index (χ3v) is 0. The van der Waals surface area contributed by atoms with Gasteiger partial charge in [0.25, 0.3) is 5.97 Å². The van der Waals surface area contributed by atoms with E-state index in [4.69, 9.17) is 9.90 Å². The molecule has 1 N–H and O–H groups in total. The standard InChI is InChI=1S/2C3H7.C2H4O2.Cu/c2*1-3-2;1-2(3)4;/h2*3H,1-2H3;1H3,(H,3,4);/q2*-1;;+2. The van der Waals surface area contributed by atoms with Crippen molar-refractivity contribution in [2.45, 2.75) is 34.6 Å². The van der Waals surface area contributed by atoms with Crippen molar-refractivity contribution >= 4 is 5.97 Å². The number of carboxylic acid groups (broad SMARTS) is 1. The van der Waals surface area contributed by atoms with Gasteiger partial charge in [-0.3, -0.25) is 4.79 Å². The van der Waals surface area contributed by atoms with Crippen LogP contribution in [0.2, 0.25) is 0 Å². The van der Waals surface area contributed by atoms with Crippen LogP contribution in [-0.4, -0.2) is 11.1 Å². The molecule has 0 aromatic carbocycles. The maximum absolute atomic E-state index is 9.00. The zero-order valence-corrected chi connectivity index (χ0v) is 8.75. The molecule has 73 valence electrons. The van der Waals surface area contributed by atoms with E-state index in [-0.39, 0.29) is 17.1 Å². The summed E-state index contributed by atoms with van der Waals surface area (Å²) >= 11 is 0. The molecule has 2 nitrogen and oxygen atoms in total. The Bertz CT molecular complexity index is 50.1. The molecule has 3 heteroatoms. The number of rotatable bonds is 0. The first-order valence-electron chi connectivity index (χ1n) is 3.24. The van der Waals surface area contributed by atoms with E-state index in [1.807, 2.05) is 40.5 Å². The molecule has 0 atom stereocenters. The Morgan fingerprint density at radius 1 is 1.09 bits per heavy atom. The molecular weight excluding hydrogens is 192 g/mol. The molecule has 0 saturated heterocycles. The van der Waals surface area contributed by atoms with E-state index in [1.165, 1.54) is 0 Å². The number of carbonyl (C=O) groups is 1. The minimum atomic E-state index is -0.833. The number of hydrogen-bond donors (Lipinski definition) is 1. The molecule has 1 radical (unpaired) electrons. The van der Waals surface area contributed by atoms with Crippen LogP contribution in [0.4, 0.5) is 0 Å². The smallest absolute Gasteiger partial charge is 0.481 e. The summed E-state index contributed by atoms with van der Waals surface area (Å²) in [6, 6.07) is 0. The van der Waals surface area contributed by atoms with Gasteiger partial charge < -0.3 is 17.9 Å². The molecule has 0 fully saturated rings. The van der Waals surface area contributed by atoms with Gasteiger partial charge in [0, 0.05) is 6.92 Å². The van der Waals surface area contributed by atoms with Crippen LogP contribution in [0.15, 0.2) is 0 Å². The van der Waals surface area contributed by atoms with Crippen molar-refractivity contribution in [1.82, 2.24) is 0 Å². The van der Waals surface area contributed by atoms with E-state index in [1.54, 1.807) is 0 Å². The van der Waals surface area contributed by atoms with Gasteiger partial charge in [-0.15, -0.1) is 0 Å². The molecule has 0 heterocycles. The van der Waals surface area contributed by atoms with Crippen molar-refractivity contribution in [1.29, 1.82) is 0 Å². The fourth-order valence-corrected chi connectivity index (χ4v) is 0. The van der Waals surface area contributed by atoms with E-state index in [0.717, 1.165) is 6.92 Å². The largest absolute Gasteiger partial charge is 2.00 e. The van der Waals surface area contributed by atoms with Gasteiger partial charge in [-0.2, -0.15) is 27.7 Å². The van der Waals surface area contributed by atoms with E-state index < -0.39 is 5.97 Å². The molecule has 0 aliphatic heterocycles. The maximum atomic E-state index is 9.00. The molecule has 0 rings (SSSR count). The minimum Gasteiger partial charge on any atom is -0.481 e. The van der Waals surface area contributed by atoms with Gasteiger partial charge in [0.05, 0.1) is 0 Å². The fourth-order valence-electron chi connectivity index (χ4n) is 0. The zero-order valence-electron chi connectivity index (χ0n) is 7.81. The van der Waals surface area contributed by atoms with Crippen molar-refractivity contribution in [2.24, 2.45) is 0 Å². The van der Waals surface area contributed by atoms with Gasteiger partial charge in [0.1, 0.15) is 0 Å². The monoisotopic (exact) mass is 209 g/mol. The summed E-state index contributed by atoms with van der Waals surface area (Å²) < 4.78 is 0. The van der Waals surface area contributed by atoms with Crippen molar-refractivity contribution in [3.8, 4) is 0 Å². The first kappa shape index (κ1) is 22.4. The van der Waals surface area contributed by atoms with Crippen molar-refractivity contribution < 1.29 is 27.0 Å². The summed E-state index contributed by atoms with van der Waals surface area (Å²) in [6.45, 7) is 9.08. The van der Waals surface area contributed by atoms with Crippen LogP contribution in [0.1, 0.15) is 34.6 Å². The number of carboxylic acids is 1. The second kappa shape index (κ2) is 32.4.